The Morgan fingerprint density at radius 1 is 0.971 bits per heavy atom. The van der Waals surface area contributed by atoms with Gasteiger partial charge >= 0.3 is 11.9 Å². The van der Waals surface area contributed by atoms with Crippen LogP contribution in [0.15, 0.2) is 54.6 Å². The van der Waals surface area contributed by atoms with Gasteiger partial charge in [0.25, 0.3) is 5.91 Å². The highest BCUT2D eigenvalue weighted by atomic mass is 35.5. The highest BCUT2D eigenvalue weighted by molar-refractivity contribution is 6.40. The van der Waals surface area contributed by atoms with Crippen molar-refractivity contribution in [3.63, 3.8) is 0 Å². The van der Waals surface area contributed by atoms with Crippen molar-refractivity contribution in [3.8, 4) is 0 Å². The van der Waals surface area contributed by atoms with Crippen LogP contribution in [0.25, 0.3) is 0 Å². The Bertz CT molecular complexity index is 1260. The standard InChI is InChI=1S/C21H11Cl3F4N2O4/c22-12-6-4-10(5-7-12)20(32,21(26,27)28)11-8-14(23)18(15(24)9-11)29-19(31)13-2-1-3-16(17(13)25)30(33)34/h1-9,32H,(H,29,31). The largest absolute Gasteiger partial charge is 0.425 e. The molecule has 0 bridgehead atoms. The summed E-state index contributed by atoms with van der Waals surface area (Å²) in [5.74, 6) is -2.62. The molecule has 0 aliphatic heterocycles. The van der Waals surface area contributed by atoms with Crippen LogP contribution >= 0.6 is 34.8 Å². The fraction of sp³-hybridized carbons (Fsp3) is 0.0952. The van der Waals surface area contributed by atoms with Gasteiger partial charge in [-0.3, -0.25) is 14.9 Å². The first-order valence-corrected chi connectivity index (χ1v) is 10.2. The molecular weight excluding hydrogens is 527 g/mol. The molecule has 0 aromatic heterocycles. The topological polar surface area (TPSA) is 92.5 Å². The van der Waals surface area contributed by atoms with Crippen molar-refractivity contribution < 1.29 is 32.4 Å². The number of nitrogens with one attached hydrogen (secondary N) is 1. The summed E-state index contributed by atoms with van der Waals surface area (Å²) in [5, 5.41) is 22.8. The minimum absolute atomic E-state index is 0.135. The zero-order valence-corrected chi connectivity index (χ0v) is 18.7. The van der Waals surface area contributed by atoms with Crippen LogP contribution in [0.4, 0.5) is 28.9 Å². The molecule has 3 aromatic carbocycles. The van der Waals surface area contributed by atoms with Gasteiger partial charge < -0.3 is 10.4 Å². The van der Waals surface area contributed by atoms with Crippen molar-refractivity contribution in [2.75, 3.05) is 5.32 Å². The van der Waals surface area contributed by atoms with E-state index in [1.165, 1.54) is 0 Å². The number of alkyl halides is 3. The monoisotopic (exact) mass is 536 g/mol. The number of nitro groups is 1. The van der Waals surface area contributed by atoms with Gasteiger partial charge in [-0.2, -0.15) is 17.6 Å². The van der Waals surface area contributed by atoms with Gasteiger partial charge in [0.1, 0.15) is 0 Å². The summed E-state index contributed by atoms with van der Waals surface area (Å²) in [7, 11) is 0. The van der Waals surface area contributed by atoms with E-state index in [0.29, 0.717) is 0 Å². The highest BCUT2D eigenvalue weighted by Gasteiger charge is 2.56. The van der Waals surface area contributed by atoms with Gasteiger partial charge in [-0.1, -0.05) is 53.0 Å². The van der Waals surface area contributed by atoms with E-state index >= 15 is 0 Å². The average Bonchev–Trinajstić information content (AvgIpc) is 2.75. The third kappa shape index (κ3) is 4.67. The van der Waals surface area contributed by atoms with Crippen molar-refractivity contribution in [2.45, 2.75) is 11.8 Å². The summed E-state index contributed by atoms with van der Waals surface area (Å²) >= 11 is 17.8. The normalized spacial score (nSPS) is 13.3. The summed E-state index contributed by atoms with van der Waals surface area (Å²) in [4.78, 5) is 22.3. The maximum Gasteiger partial charge on any atom is 0.425 e. The molecule has 13 heteroatoms. The van der Waals surface area contributed by atoms with Crippen LogP contribution in [0.1, 0.15) is 21.5 Å². The SMILES string of the molecule is O=C(Nc1c(Cl)cc(C(O)(c2ccc(Cl)cc2)C(F)(F)F)cc1Cl)c1cccc([N+](=O)[O-])c1F. The average molecular weight is 538 g/mol. The molecule has 6 nitrogen and oxygen atoms in total. The van der Waals surface area contributed by atoms with Crippen LogP contribution < -0.4 is 5.32 Å². The Balaban J connectivity index is 2.05. The number of benzene rings is 3. The van der Waals surface area contributed by atoms with Gasteiger partial charge in [0.2, 0.25) is 11.4 Å². The Morgan fingerprint density at radius 2 is 1.53 bits per heavy atom. The molecule has 178 valence electrons. The minimum Gasteiger partial charge on any atom is -0.372 e. The first-order valence-electron chi connectivity index (χ1n) is 9.06. The number of hydrogen-bond acceptors (Lipinski definition) is 4. The van der Waals surface area contributed by atoms with Gasteiger partial charge in [0, 0.05) is 16.7 Å². The number of nitro benzene ring substituents is 1. The van der Waals surface area contributed by atoms with Crippen LogP contribution in [0.3, 0.4) is 0 Å². The molecule has 1 atom stereocenters. The molecule has 3 aromatic rings. The second kappa shape index (κ2) is 9.38. The molecule has 34 heavy (non-hydrogen) atoms. The third-order valence-corrected chi connectivity index (χ3v) is 5.64. The van der Waals surface area contributed by atoms with Crippen molar-refractivity contribution in [3.05, 3.63) is 102 Å². The Hall–Kier alpha value is -2.92. The maximum absolute atomic E-state index is 14.3. The van der Waals surface area contributed by atoms with Gasteiger partial charge in [-0.25, -0.2) is 0 Å². The Kier molecular flexibility index (Phi) is 7.09. The van der Waals surface area contributed by atoms with Crippen LogP contribution in [0.2, 0.25) is 15.1 Å². The van der Waals surface area contributed by atoms with E-state index in [1.807, 2.05) is 0 Å². The molecule has 0 aliphatic rings. The predicted molar refractivity (Wildman–Crippen MR) is 118 cm³/mol. The molecule has 3 rings (SSSR count). The zero-order valence-electron chi connectivity index (χ0n) is 16.5. The Morgan fingerprint density at radius 3 is 2.03 bits per heavy atom. The minimum atomic E-state index is -5.22. The van der Waals surface area contributed by atoms with E-state index < -0.39 is 66.5 Å². The zero-order chi connectivity index (χ0) is 25.4. The molecule has 0 saturated heterocycles. The second-order valence-electron chi connectivity index (χ2n) is 6.88. The lowest BCUT2D eigenvalue weighted by Crippen LogP contribution is -2.43. The first kappa shape index (κ1) is 25.7. The predicted octanol–water partition coefficient (Wildman–Crippen LogP) is 6.74. The van der Waals surface area contributed by atoms with Crippen LogP contribution in [-0.2, 0) is 5.60 Å². The van der Waals surface area contributed by atoms with Crippen molar-refractivity contribution in [2.24, 2.45) is 0 Å². The molecular formula is C21H11Cl3F4N2O4. The van der Waals surface area contributed by atoms with Crippen molar-refractivity contribution in [1.29, 1.82) is 0 Å². The van der Waals surface area contributed by atoms with E-state index in [0.717, 1.165) is 54.6 Å². The summed E-state index contributed by atoms with van der Waals surface area (Å²) in [5.41, 5.74) is -6.97. The van der Waals surface area contributed by atoms with Crippen LogP contribution in [-0.4, -0.2) is 22.1 Å². The van der Waals surface area contributed by atoms with E-state index in [-0.39, 0.29) is 5.02 Å². The summed E-state index contributed by atoms with van der Waals surface area (Å²) in [6.07, 6.45) is -5.22. The number of nitrogens with zero attached hydrogens (tertiary/aromatic N) is 1. The molecule has 0 saturated carbocycles. The lowest BCUT2D eigenvalue weighted by Gasteiger charge is -2.32. The number of carbonyl (C=O) groups excluding carboxylic acids is 1. The van der Waals surface area contributed by atoms with E-state index in [2.05, 4.69) is 5.32 Å². The van der Waals surface area contributed by atoms with Gasteiger partial charge in [-0.05, 0) is 35.9 Å². The van der Waals surface area contributed by atoms with E-state index in [4.69, 9.17) is 34.8 Å². The molecule has 0 spiro atoms. The maximum atomic E-state index is 14.3. The van der Waals surface area contributed by atoms with Crippen LogP contribution in [0, 0.1) is 15.9 Å². The molecule has 0 aliphatic carbocycles. The quantitative estimate of drug-likeness (QED) is 0.214. The van der Waals surface area contributed by atoms with Crippen molar-refractivity contribution >= 4 is 52.1 Å². The fourth-order valence-electron chi connectivity index (χ4n) is 3.10. The van der Waals surface area contributed by atoms with Gasteiger partial charge in [-0.15, -0.1) is 0 Å². The fourth-order valence-corrected chi connectivity index (χ4v) is 3.81. The van der Waals surface area contributed by atoms with E-state index in [1.54, 1.807) is 0 Å². The molecule has 1 amide bonds. The highest BCUT2D eigenvalue weighted by Crippen LogP contribution is 2.47. The number of halogens is 7. The third-order valence-electron chi connectivity index (χ3n) is 4.79. The summed E-state index contributed by atoms with van der Waals surface area (Å²) < 4.78 is 56.3. The molecule has 0 heterocycles. The van der Waals surface area contributed by atoms with Crippen LogP contribution in [0.5, 0.6) is 0 Å². The lowest BCUT2D eigenvalue weighted by molar-refractivity contribution is -0.387. The van der Waals surface area contributed by atoms with Crippen molar-refractivity contribution in [1.82, 2.24) is 0 Å². The lowest BCUT2D eigenvalue weighted by atomic mass is 9.85. The summed E-state index contributed by atoms with van der Waals surface area (Å²) in [6.45, 7) is 0. The second-order valence-corrected chi connectivity index (χ2v) is 8.13. The molecule has 0 fully saturated rings. The number of aliphatic hydroxyl groups is 1. The smallest absolute Gasteiger partial charge is 0.372 e. The summed E-state index contributed by atoms with van der Waals surface area (Å²) in [6, 6.07) is 8.57. The number of carbonyl (C=O) groups is 1. The number of rotatable bonds is 5. The van der Waals surface area contributed by atoms with Gasteiger partial charge in [0.05, 0.1) is 26.2 Å². The molecule has 1 unspecified atom stereocenters. The number of anilines is 1. The van der Waals surface area contributed by atoms with E-state index in [9.17, 15) is 37.6 Å². The Labute approximate surface area is 203 Å². The molecule has 0 radical (unpaired) electrons. The number of amides is 1. The van der Waals surface area contributed by atoms with Gasteiger partial charge in [0.15, 0.2) is 0 Å². The first-order chi connectivity index (χ1) is 15.8. The number of hydrogen-bond donors (Lipinski definition) is 2. The molecule has 2 N–H and O–H groups in total.